The topological polar surface area (TPSA) is 72.7 Å². The number of para-hydroxylation sites is 2. The van der Waals surface area contributed by atoms with E-state index in [0.29, 0.717) is 11.4 Å². The Labute approximate surface area is 112 Å². The van der Waals surface area contributed by atoms with E-state index in [2.05, 4.69) is 20.4 Å². The molecular weight excluding hydrogens is 262 g/mol. The van der Waals surface area contributed by atoms with E-state index < -0.39 is 0 Å². The van der Waals surface area contributed by atoms with Crippen molar-refractivity contribution in [3.05, 3.63) is 53.5 Å². The van der Waals surface area contributed by atoms with Crippen LogP contribution in [0.15, 0.2) is 47.8 Å². The van der Waals surface area contributed by atoms with E-state index in [4.69, 9.17) is 0 Å². The highest BCUT2D eigenvalue weighted by Crippen LogP contribution is 2.19. The molecule has 19 heavy (non-hydrogen) atoms. The Morgan fingerprint density at radius 2 is 2.21 bits per heavy atom. The van der Waals surface area contributed by atoms with Crippen LogP contribution in [0.3, 0.4) is 0 Å². The molecular formula is C12H9N5OS. The van der Waals surface area contributed by atoms with Gasteiger partial charge in [0, 0.05) is 5.38 Å². The summed E-state index contributed by atoms with van der Waals surface area (Å²) in [6, 6.07) is 7.37. The molecule has 2 aromatic heterocycles. The van der Waals surface area contributed by atoms with Crippen LogP contribution in [0.1, 0.15) is 10.5 Å². The SMILES string of the molecule is O=C(Nc1ccccc1-n1cncn1)c1cscn1. The molecule has 7 heteroatoms. The predicted molar refractivity (Wildman–Crippen MR) is 71.4 cm³/mol. The first-order valence-corrected chi connectivity index (χ1v) is 6.42. The van der Waals surface area contributed by atoms with Gasteiger partial charge in [-0.1, -0.05) is 12.1 Å². The van der Waals surface area contributed by atoms with Crippen LogP contribution in [0.25, 0.3) is 5.69 Å². The monoisotopic (exact) mass is 271 g/mol. The van der Waals surface area contributed by atoms with E-state index in [0.717, 1.165) is 5.69 Å². The maximum atomic E-state index is 12.0. The first kappa shape index (κ1) is 11.5. The van der Waals surface area contributed by atoms with Crippen molar-refractivity contribution in [3.63, 3.8) is 0 Å². The first-order valence-electron chi connectivity index (χ1n) is 5.48. The van der Waals surface area contributed by atoms with Gasteiger partial charge in [-0.15, -0.1) is 11.3 Å². The summed E-state index contributed by atoms with van der Waals surface area (Å²) in [5.74, 6) is -0.242. The van der Waals surface area contributed by atoms with Gasteiger partial charge in [0.25, 0.3) is 5.91 Å². The Bertz CT molecular complexity index is 678. The third-order valence-electron chi connectivity index (χ3n) is 2.48. The second-order valence-electron chi connectivity index (χ2n) is 3.69. The summed E-state index contributed by atoms with van der Waals surface area (Å²) in [7, 11) is 0. The van der Waals surface area contributed by atoms with Crippen LogP contribution in [-0.2, 0) is 0 Å². The fourth-order valence-corrected chi connectivity index (χ4v) is 2.15. The van der Waals surface area contributed by atoms with Gasteiger partial charge >= 0.3 is 0 Å². The zero-order valence-corrected chi connectivity index (χ0v) is 10.5. The lowest BCUT2D eigenvalue weighted by molar-refractivity contribution is 0.102. The number of amides is 1. The van der Waals surface area contributed by atoms with Crippen molar-refractivity contribution in [2.24, 2.45) is 0 Å². The maximum absolute atomic E-state index is 12.0. The maximum Gasteiger partial charge on any atom is 0.275 e. The number of nitrogens with zero attached hydrogens (tertiary/aromatic N) is 4. The molecule has 0 spiro atoms. The molecule has 3 aromatic rings. The number of nitrogens with one attached hydrogen (secondary N) is 1. The van der Waals surface area contributed by atoms with E-state index in [-0.39, 0.29) is 5.91 Å². The van der Waals surface area contributed by atoms with Crippen LogP contribution in [0.4, 0.5) is 5.69 Å². The highest BCUT2D eigenvalue weighted by Gasteiger charge is 2.11. The van der Waals surface area contributed by atoms with Gasteiger partial charge in [-0.25, -0.2) is 14.6 Å². The van der Waals surface area contributed by atoms with Gasteiger partial charge in [0.2, 0.25) is 0 Å². The van der Waals surface area contributed by atoms with Crippen molar-refractivity contribution >= 4 is 22.9 Å². The van der Waals surface area contributed by atoms with E-state index in [1.54, 1.807) is 28.0 Å². The molecule has 1 amide bonds. The lowest BCUT2D eigenvalue weighted by Crippen LogP contribution is -2.14. The normalized spacial score (nSPS) is 10.3. The molecule has 6 nitrogen and oxygen atoms in total. The predicted octanol–water partition coefficient (Wildman–Crippen LogP) is 1.98. The number of anilines is 1. The minimum absolute atomic E-state index is 0.242. The molecule has 2 heterocycles. The Balaban J connectivity index is 1.92. The Morgan fingerprint density at radius 3 is 2.95 bits per heavy atom. The minimum Gasteiger partial charge on any atom is -0.319 e. The van der Waals surface area contributed by atoms with Gasteiger partial charge in [0.1, 0.15) is 18.3 Å². The summed E-state index contributed by atoms with van der Waals surface area (Å²) >= 11 is 1.38. The van der Waals surface area contributed by atoms with Crippen molar-refractivity contribution in [3.8, 4) is 5.69 Å². The standard InChI is InChI=1S/C12H9N5OS/c18-12(10-5-19-8-14-10)16-9-3-1-2-4-11(9)17-7-13-6-15-17/h1-8H,(H,16,18). The number of hydrogen-bond donors (Lipinski definition) is 1. The second-order valence-corrected chi connectivity index (χ2v) is 4.40. The van der Waals surface area contributed by atoms with Crippen molar-refractivity contribution in [2.75, 3.05) is 5.32 Å². The lowest BCUT2D eigenvalue weighted by Gasteiger charge is -2.09. The largest absolute Gasteiger partial charge is 0.319 e. The molecule has 0 unspecified atom stereocenters. The summed E-state index contributed by atoms with van der Waals surface area (Å²) < 4.78 is 1.59. The number of thiazole rings is 1. The zero-order chi connectivity index (χ0) is 13.1. The Morgan fingerprint density at radius 1 is 1.32 bits per heavy atom. The van der Waals surface area contributed by atoms with Gasteiger partial charge in [-0.2, -0.15) is 5.10 Å². The molecule has 0 aliphatic heterocycles. The first-order chi connectivity index (χ1) is 9.34. The van der Waals surface area contributed by atoms with E-state index in [1.165, 1.54) is 17.7 Å². The fraction of sp³-hybridized carbons (Fsp3) is 0. The van der Waals surface area contributed by atoms with E-state index >= 15 is 0 Å². The molecule has 0 saturated heterocycles. The van der Waals surface area contributed by atoms with Crippen LogP contribution in [0, 0.1) is 0 Å². The Kier molecular flexibility index (Phi) is 3.03. The average molecular weight is 271 g/mol. The smallest absolute Gasteiger partial charge is 0.275 e. The molecule has 0 saturated carbocycles. The highest BCUT2D eigenvalue weighted by atomic mass is 32.1. The van der Waals surface area contributed by atoms with Gasteiger partial charge in [0.05, 0.1) is 16.9 Å². The summed E-state index contributed by atoms with van der Waals surface area (Å²) in [5, 5.41) is 8.58. The molecule has 0 radical (unpaired) electrons. The molecule has 0 aliphatic carbocycles. The average Bonchev–Trinajstić information content (AvgIpc) is 3.13. The number of rotatable bonds is 3. The third kappa shape index (κ3) is 2.36. The van der Waals surface area contributed by atoms with Crippen molar-refractivity contribution in [2.45, 2.75) is 0 Å². The quantitative estimate of drug-likeness (QED) is 0.790. The van der Waals surface area contributed by atoms with Gasteiger partial charge in [-0.05, 0) is 12.1 Å². The van der Waals surface area contributed by atoms with Crippen LogP contribution >= 0.6 is 11.3 Å². The number of aromatic nitrogens is 4. The summed E-state index contributed by atoms with van der Waals surface area (Å²) in [6.07, 6.45) is 3.02. The van der Waals surface area contributed by atoms with Crippen LogP contribution in [0.2, 0.25) is 0 Å². The van der Waals surface area contributed by atoms with Crippen LogP contribution in [0.5, 0.6) is 0 Å². The lowest BCUT2D eigenvalue weighted by atomic mass is 10.2. The zero-order valence-electron chi connectivity index (χ0n) is 9.72. The van der Waals surface area contributed by atoms with Gasteiger partial charge in [-0.3, -0.25) is 4.79 Å². The molecule has 0 bridgehead atoms. The highest BCUT2D eigenvalue weighted by molar-refractivity contribution is 7.07. The molecule has 0 atom stereocenters. The molecule has 0 aliphatic rings. The number of carbonyl (C=O) groups excluding carboxylic acids is 1. The van der Waals surface area contributed by atoms with E-state index in [1.807, 2.05) is 18.2 Å². The summed E-state index contributed by atoms with van der Waals surface area (Å²) in [4.78, 5) is 19.9. The van der Waals surface area contributed by atoms with Crippen molar-refractivity contribution in [1.29, 1.82) is 0 Å². The van der Waals surface area contributed by atoms with E-state index in [9.17, 15) is 4.79 Å². The molecule has 0 fully saturated rings. The van der Waals surface area contributed by atoms with Crippen molar-refractivity contribution < 1.29 is 4.79 Å². The number of benzene rings is 1. The number of hydrogen-bond acceptors (Lipinski definition) is 5. The van der Waals surface area contributed by atoms with Crippen LogP contribution < -0.4 is 5.32 Å². The Hall–Kier alpha value is -2.54. The summed E-state index contributed by atoms with van der Waals surface area (Å²) in [5.41, 5.74) is 3.44. The molecule has 3 rings (SSSR count). The number of carbonyl (C=O) groups is 1. The molecule has 94 valence electrons. The summed E-state index contributed by atoms with van der Waals surface area (Å²) in [6.45, 7) is 0. The van der Waals surface area contributed by atoms with Crippen LogP contribution in [-0.4, -0.2) is 25.7 Å². The molecule has 1 aromatic carbocycles. The van der Waals surface area contributed by atoms with Gasteiger partial charge in [0.15, 0.2) is 0 Å². The van der Waals surface area contributed by atoms with Crippen molar-refractivity contribution in [1.82, 2.24) is 19.7 Å². The second kappa shape index (κ2) is 4.99. The fourth-order valence-electron chi connectivity index (χ4n) is 1.62. The minimum atomic E-state index is -0.242. The molecule has 1 N–H and O–H groups in total. The van der Waals surface area contributed by atoms with Gasteiger partial charge < -0.3 is 5.32 Å². The third-order valence-corrected chi connectivity index (χ3v) is 3.07.